The third-order valence-electron chi connectivity index (χ3n) is 2.17. The molecule has 0 aromatic carbocycles. The van der Waals surface area contributed by atoms with Crippen LogP contribution in [0.2, 0.25) is 5.02 Å². The van der Waals surface area contributed by atoms with Crippen LogP contribution in [0.1, 0.15) is 24.6 Å². The van der Waals surface area contributed by atoms with Crippen molar-refractivity contribution in [2.45, 2.75) is 18.9 Å². The molecule has 90 valence electrons. The first-order valence-electron chi connectivity index (χ1n) is 4.94. The molecule has 0 fully saturated rings. The van der Waals surface area contributed by atoms with Crippen LogP contribution in [0.25, 0.3) is 0 Å². The minimum Gasteiger partial charge on any atom is -0.323 e. The molecule has 6 heteroatoms. The Balaban J connectivity index is 2.54. The van der Waals surface area contributed by atoms with Gasteiger partial charge in [-0.2, -0.15) is 0 Å². The first kappa shape index (κ1) is 13.4. The lowest BCUT2D eigenvalue weighted by molar-refractivity contribution is 0.584. The number of nitrogens with zero attached hydrogens (tertiary/aromatic N) is 1. The highest BCUT2D eigenvalue weighted by molar-refractivity contribution is 7.90. The van der Waals surface area contributed by atoms with E-state index in [9.17, 15) is 8.42 Å². The number of sulfone groups is 1. The van der Waals surface area contributed by atoms with Gasteiger partial charge in [0, 0.05) is 24.2 Å². The van der Waals surface area contributed by atoms with E-state index >= 15 is 0 Å². The molecule has 1 aromatic heterocycles. The van der Waals surface area contributed by atoms with E-state index < -0.39 is 9.84 Å². The molecule has 1 rings (SSSR count). The number of rotatable bonds is 5. The second-order valence-electron chi connectivity index (χ2n) is 3.75. The Morgan fingerprint density at radius 1 is 1.56 bits per heavy atom. The average molecular weight is 263 g/mol. The number of halogens is 1. The van der Waals surface area contributed by atoms with Gasteiger partial charge < -0.3 is 5.73 Å². The lowest BCUT2D eigenvalue weighted by Gasteiger charge is -2.11. The van der Waals surface area contributed by atoms with Gasteiger partial charge in [-0.3, -0.25) is 4.98 Å². The van der Waals surface area contributed by atoms with Gasteiger partial charge in [0.25, 0.3) is 0 Å². The zero-order valence-electron chi connectivity index (χ0n) is 9.06. The Kier molecular flexibility index (Phi) is 4.70. The monoisotopic (exact) mass is 262 g/mol. The van der Waals surface area contributed by atoms with E-state index in [0.29, 0.717) is 23.6 Å². The van der Waals surface area contributed by atoms with Crippen molar-refractivity contribution in [3.05, 3.63) is 29.0 Å². The predicted molar refractivity (Wildman–Crippen MR) is 65.1 cm³/mol. The van der Waals surface area contributed by atoms with Crippen LogP contribution in [0.5, 0.6) is 0 Å². The van der Waals surface area contributed by atoms with Gasteiger partial charge in [0.05, 0.1) is 10.7 Å². The van der Waals surface area contributed by atoms with Gasteiger partial charge in [-0.25, -0.2) is 8.42 Å². The average Bonchev–Trinajstić information content (AvgIpc) is 2.16. The molecule has 0 aliphatic carbocycles. The largest absolute Gasteiger partial charge is 0.323 e. The lowest BCUT2D eigenvalue weighted by atomic mass is 10.1. The van der Waals surface area contributed by atoms with Crippen molar-refractivity contribution in [3.8, 4) is 0 Å². The summed E-state index contributed by atoms with van der Waals surface area (Å²) >= 11 is 5.93. The van der Waals surface area contributed by atoms with Crippen LogP contribution in [-0.2, 0) is 9.84 Å². The van der Waals surface area contributed by atoms with E-state index in [2.05, 4.69) is 4.98 Å². The third kappa shape index (κ3) is 4.47. The number of hydrogen-bond acceptors (Lipinski definition) is 4. The minimum absolute atomic E-state index is 0.144. The SMILES string of the molecule is CS(=O)(=O)CCCC(N)c1ncccc1Cl. The van der Waals surface area contributed by atoms with E-state index in [1.165, 1.54) is 6.26 Å². The van der Waals surface area contributed by atoms with Crippen LogP contribution in [0.3, 0.4) is 0 Å². The summed E-state index contributed by atoms with van der Waals surface area (Å²) in [6, 6.07) is 3.14. The number of pyridine rings is 1. The van der Waals surface area contributed by atoms with Gasteiger partial charge in [-0.1, -0.05) is 11.6 Å². The smallest absolute Gasteiger partial charge is 0.147 e. The number of nitrogens with two attached hydrogens (primary N) is 1. The van der Waals surface area contributed by atoms with Crippen LogP contribution in [0, 0.1) is 0 Å². The Morgan fingerprint density at radius 3 is 2.81 bits per heavy atom. The molecule has 0 spiro atoms. The molecular weight excluding hydrogens is 248 g/mol. The molecule has 0 aliphatic heterocycles. The van der Waals surface area contributed by atoms with Crippen molar-refractivity contribution in [1.82, 2.24) is 4.98 Å². The molecule has 1 atom stereocenters. The molecular formula is C10H15ClN2O2S. The molecule has 0 aliphatic rings. The van der Waals surface area contributed by atoms with Crippen molar-refractivity contribution in [2.75, 3.05) is 12.0 Å². The van der Waals surface area contributed by atoms with Gasteiger partial charge in [0.1, 0.15) is 9.84 Å². The Hall–Kier alpha value is -0.650. The third-order valence-corrected chi connectivity index (χ3v) is 3.52. The van der Waals surface area contributed by atoms with Crippen molar-refractivity contribution < 1.29 is 8.42 Å². The maximum Gasteiger partial charge on any atom is 0.147 e. The van der Waals surface area contributed by atoms with Crippen molar-refractivity contribution in [1.29, 1.82) is 0 Å². The van der Waals surface area contributed by atoms with Gasteiger partial charge in [-0.15, -0.1) is 0 Å². The van der Waals surface area contributed by atoms with Crippen LogP contribution in [0.15, 0.2) is 18.3 Å². The van der Waals surface area contributed by atoms with Gasteiger partial charge in [0.15, 0.2) is 0 Å². The van der Waals surface area contributed by atoms with Crippen LogP contribution in [0.4, 0.5) is 0 Å². The normalized spacial score (nSPS) is 13.7. The molecule has 16 heavy (non-hydrogen) atoms. The fourth-order valence-electron chi connectivity index (χ4n) is 1.37. The highest BCUT2D eigenvalue weighted by Crippen LogP contribution is 2.21. The molecule has 0 amide bonds. The summed E-state index contributed by atoms with van der Waals surface area (Å²) in [5.41, 5.74) is 6.51. The minimum atomic E-state index is -2.92. The van der Waals surface area contributed by atoms with Gasteiger partial charge in [-0.05, 0) is 25.0 Å². The summed E-state index contributed by atoms with van der Waals surface area (Å²) in [5, 5.41) is 0.523. The van der Waals surface area contributed by atoms with E-state index in [-0.39, 0.29) is 11.8 Å². The fraction of sp³-hybridized carbons (Fsp3) is 0.500. The van der Waals surface area contributed by atoms with E-state index in [1.807, 2.05) is 0 Å². The second-order valence-corrected chi connectivity index (χ2v) is 6.42. The molecule has 2 N–H and O–H groups in total. The number of aromatic nitrogens is 1. The molecule has 1 aromatic rings. The van der Waals surface area contributed by atoms with Crippen molar-refractivity contribution in [2.24, 2.45) is 5.73 Å². The van der Waals surface area contributed by atoms with Crippen LogP contribution < -0.4 is 5.73 Å². The summed E-state index contributed by atoms with van der Waals surface area (Å²) in [4.78, 5) is 4.09. The highest BCUT2D eigenvalue weighted by Gasteiger charge is 2.12. The van der Waals surface area contributed by atoms with Crippen LogP contribution >= 0.6 is 11.6 Å². The van der Waals surface area contributed by atoms with Gasteiger partial charge >= 0.3 is 0 Å². The Bertz CT molecular complexity index is 448. The maximum atomic E-state index is 10.9. The number of hydrogen-bond donors (Lipinski definition) is 1. The Morgan fingerprint density at radius 2 is 2.25 bits per heavy atom. The summed E-state index contributed by atoms with van der Waals surface area (Å²) < 4.78 is 21.9. The molecule has 0 saturated carbocycles. The summed E-state index contributed by atoms with van der Waals surface area (Å²) in [7, 11) is -2.92. The van der Waals surface area contributed by atoms with E-state index in [4.69, 9.17) is 17.3 Å². The predicted octanol–water partition coefficient (Wildman–Crippen LogP) is 1.56. The molecule has 0 radical (unpaired) electrons. The van der Waals surface area contributed by atoms with E-state index in [1.54, 1.807) is 18.3 Å². The molecule has 0 bridgehead atoms. The van der Waals surface area contributed by atoms with Crippen molar-refractivity contribution in [3.63, 3.8) is 0 Å². The quantitative estimate of drug-likeness (QED) is 0.874. The second kappa shape index (κ2) is 5.61. The highest BCUT2D eigenvalue weighted by atomic mass is 35.5. The van der Waals surface area contributed by atoms with Gasteiger partial charge in [0.2, 0.25) is 0 Å². The fourth-order valence-corrected chi connectivity index (χ4v) is 2.33. The summed E-state index contributed by atoms with van der Waals surface area (Å²) in [6.07, 6.45) is 3.92. The standard InChI is InChI=1S/C10H15ClN2O2S/c1-16(14,15)7-3-5-9(12)10-8(11)4-2-6-13-10/h2,4,6,9H,3,5,7,12H2,1H3. The maximum absolute atomic E-state index is 10.9. The first-order chi connectivity index (χ1) is 7.40. The first-order valence-corrected chi connectivity index (χ1v) is 7.38. The zero-order valence-corrected chi connectivity index (χ0v) is 10.6. The summed E-state index contributed by atoms with van der Waals surface area (Å²) in [6.45, 7) is 0. The van der Waals surface area contributed by atoms with Crippen molar-refractivity contribution >= 4 is 21.4 Å². The zero-order chi connectivity index (χ0) is 12.2. The Labute approximate surface area is 101 Å². The topological polar surface area (TPSA) is 73.0 Å². The molecule has 1 unspecified atom stereocenters. The molecule has 1 heterocycles. The molecule has 4 nitrogen and oxygen atoms in total. The lowest BCUT2D eigenvalue weighted by Crippen LogP contribution is -2.14. The molecule has 0 saturated heterocycles. The van der Waals surface area contributed by atoms with E-state index in [0.717, 1.165) is 0 Å². The van der Waals surface area contributed by atoms with Crippen LogP contribution in [-0.4, -0.2) is 25.4 Å². The summed E-state index contributed by atoms with van der Waals surface area (Å²) in [5.74, 6) is 0.144.